The smallest absolute Gasteiger partial charge is 0.234 e. The van der Waals surface area contributed by atoms with E-state index in [0.717, 1.165) is 17.0 Å². The van der Waals surface area contributed by atoms with Gasteiger partial charge >= 0.3 is 0 Å². The molecule has 1 aromatic heterocycles. The van der Waals surface area contributed by atoms with Crippen LogP contribution in [0, 0.1) is 6.92 Å². The molecule has 0 atom stereocenters. The van der Waals surface area contributed by atoms with Crippen LogP contribution >= 0.6 is 23.4 Å². The van der Waals surface area contributed by atoms with Crippen molar-refractivity contribution >= 4 is 35.0 Å². The maximum Gasteiger partial charge on any atom is 0.234 e. The number of anilines is 1. The summed E-state index contributed by atoms with van der Waals surface area (Å²) in [7, 11) is 0. The molecule has 0 aliphatic rings. The highest BCUT2D eigenvalue weighted by atomic mass is 35.5. The standard InChI is InChI=1S/C18H17ClN4OS/c1-12-7-8-14(10-15(12)19)20-17(24)11-25-18-21-16(22-23-18)9-13-5-3-2-4-6-13/h2-8,10H,9,11H2,1H3,(H,20,24)(H,21,22,23). The number of aromatic nitrogens is 3. The molecule has 0 aliphatic heterocycles. The molecule has 0 unspecified atom stereocenters. The van der Waals surface area contributed by atoms with Gasteiger partial charge in [0, 0.05) is 17.1 Å². The zero-order valence-electron chi connectivity index (χ0n) is 13.6. The van der Waals surface area contributed by atoms with Crippen LogP contribution in [0.15, 0.2) is 53.7 Å². The number of halogens is 1. The molecular weight excluding hydrogens is 356 g/mol. The number of nitrogens with one attached hydrogen (secondary N) is 2. The zero-order chi connectivity index (χ0) is 17.6. The highest BCUT2D eigenvalue weighted by Gasteiger charge is 2.09. The van der Waals surface area contributed by atoms with Crippen molar-refractivity contribution in [3.63, 3.8) is 0 Å². The molecule has 0 fully saturated rings. The van der Waals surface area contributed by atoms with Gasteiger partial charge in [-0.3, -0.25) is 9.89 Å². The average molecular weight is 373 g/mol. The summed E-state index contributed by atoms with van der Waals surface area (Å²) >= 11 is 7.35. The Morgan fingerprint density at radius 1 is 1.24 bits per heavy atom. The number of hydrogen-bond acceptors (Lipinski definition) is 4. The highest BCUT2D eigenvalue weighted by molar-refractivity contribution is 7.99. The number of benzene rings is 2. The van der Waals surface area contributed by atoms with Gasteiger partial charge in [0.2, 0.25) is 11.1 Å². The van der Waals surface area contributed by atoms with Crippen LogP contribution in [0.25, 0.3) is 0 Å². The van der Waals surface area contributed by atoms with Crippen LogP contribution < -0.4 is 5.32 Å². The van der Waals surface area contributed by atoms with E-state index in [-0.39, 0.29) is 11.7 Å². The van der Waals surface area contributed by atoms with Gasteiger partial charge < -0.3 is 5.32 Å². The number of thioether (sulfide) groups is 1. The van der Waals surface area contributed by atoms with Gasteiger partial charge in [-0.15, -0.1) is 5.10 Å². The van der Waals surface area contributed by atoms with Gasteiger partial charge in [-0.1, -0.05) is 59.8 Å². The fourth-order valence-electron chi connectivity index (χ4n) is 2.21. The van der Waals surface area contributed by atoms with Crippen LogP contribution in [0.2, 0.25) is 5.02 Å². The van der Waals surface area contributed by atoms with E-state index < -0.39 is 0 Å². The SMILES string of the molecule is Cc1ccc(NC(=O)CSc2n[nH]c(Cc3ccccc3)n2)cc1Cl. The molecule has 0 bridgehead atoms. The molecule has 25 heavy (non-hydrogen) atoms. The summed E-state index contributed by atoms with van der Waals surface area (Å²) in [5.41, 5.74) is 2.81. The lowest BCUT2D eigenvalue weighted by atomic mass is 10.1. The topological polar surface area (TPSA) is 70.7 Å². The van der Waals surface area contributed by atoms with Crippen LogP contribution in [-0.4, -0.2) is 26.8 Å². The Labute approximate surface area is 155 Å². The molecule has 2 N–H and O–H groups in total. The third-order valence-corrected chi connectivity index (χ3v) is 4.77. The Balaban J connectivity index is 1.51. The third kappa shape index (κ3) is 5.08. The van der Waals surface area contributed by atoms with Gasteiger partial charge in [-0.2, -0.15) is 0 Å². The van der Waals surface area contributed by atoms with Crippen LogP contribution in [-0.2, 0) is 11.2 Å². The summed E-state index contributed by atoms with van der Waals surface area (Å²) in [5, 5.41) is 11.1. The molecule has 0 saturated heterocycles. The van der Waals surface area contributed by atoms with Gasteiger partial charge in [-0.05, 0) is 30.2 Å². The van der Waals surface area contributed by atoms with Crippen molar-refractivity contribution in [2.45, 2.75) is 18.5 Å². The Hall–Kier alpha value is -2.31. The number of hydrogen-bond donors (Lipinski definition) is 2. The molecule has 128 valence electrons. The number of aromatic amines is 1. The maximum absolute atomic E-state index is 12.0. The molecule has 5 nitrogen and oxygen atoms in total. The highest BCUT2D eigenvalue weighted by Crippen LogP contribution is 2.20. The molecule has 0 radical (unpaired) electrons. The first-order valence-electron chi connectivity index (χ1n) is 7.74. The molecule has 1 amide bonds. The summed E-state index contributed by atoms with van der Waals surface area (Å²) in [6.07, 6.45) is 0.683. The summed E-state index contributed by atoms with van der Waals surface area (Å²) in [4.78, 5) is 16.4. The van der Waals surface area contributed by atoms with Gasteiger partial charge in [0.15, 0.2) is 0 Å². The first-order valence-corrected chi connectivity index (χ1v) is 9.10. The van der Waals surface area contributed by atoms with E-state index in [1.54, 1.807) is 6.07 Å². The molecule has 0 saturated carbocycles. The lowest BCUT2D eigenvalue weighted by Gasteiger charge is -2.05. The molecular formula is C18H17ClN4OS. The first kappa shape index (κ1) is 17.5. The van der Waals surface area contributed by atoms with Crippen LogP contribution in [0.3, 0.4) is 0 Å². The normalized spacial score (nSPS) is 10.6. The molecule has 0 aliphatic carbocycles. The van der Waals surface area contributed by atoms with E-state index in [9.17, 15) is 4.79 Å². The number of aryl methyl sites for hydroxylation is 1. The van der Waals surface area contributed by atoms with Crippen LogP contribution in [0.1, 0.15) is 17.0 Å². The van der Waals surface area contributed by atoms with Crippen molar-refractivity contribution in [2.24, 2.45) is 0 Å². The van der Waals surface area contributed by atoms with E-state index >= 15 is 0 Å². The monoisotopic (exact) mass is 372 g/mol. The van der Waals surface area contributed by atoms with Crippen molar-refractivity contribution in [2.75, 3.05) is 11.1 Å². The molecule has 0 spiro atoms. The van der Waals surface area contributed by atoms with Crippen molar-refractivity contribution < 1.29 is 4.79 Å². The largest absolute Gasteiger partial charge is 0.325 e. The predicted molar refractivity (Wildman–Crippen MR) is 101 cm³/mol. The lowest BCUT2D eigenvalue weighted by Crippen LogP contribution is -2.14. The fourth-order valence-corrected chi connectivity index (χ4v) is 3.01. The average Bonchev–Trinajstić information content (AvgIpc) is 3.05. The van der Waals surface area contributed by atoms with E-state index in [4.69, 9.17) is 11.6 Å². The minimum Gasteiger partial charge on any atom is -0.325 e. The van der Waals surface area contributed by atoms with Gasteiger partial charge in [0.05, 0.1) is 5.75 Å². The van der Waals surface area contributed by atoms with E-state index in [1.807, 2.05) is 49.4 Å². The Morgan fingerprint density at radius 3 is 2.80 bits per heavy atom. The summed E-state index contributed by atoms with van der Waals surface area (Å²) < 4.78 is 0. The molecule has 3 rings (SSSR count). The Bertz CT molecular complexity index is 867. The minimum absolute atomic E-state index is 0.126. The quantitative estimate of drug-likeness (QED) is 0.639. The summed E-state index contributed by atoms with van der Waals surface area (Å²) in [5.74, 6) is 0.882. The first-order chi connectivity index (χ1) is 12.1. The summed E-state index contributed by atoms with van der Waals surface area (Å²) in [6.45, 7) is 1.92. The number of carbonyl (C=O) groups excluding carboxylic acids is 1. The van der Waals surface area contributed by atoms with Crippen LogP contribution in [0.4, 0.5) is 5.69 Å². The number of amides is 1. The predicted octanol–water partition coefficient (Wildman–Crippen LogP) is 4.09. The Morgan fingerprint density at radius 2 is 2.04 bits per heavy atom. The molecule has 1 heterocycles. The zero-order valence-corrected chi connectivity index (χ0v) is 15.2. The number of H-pyrrole nitrogens is 1. The Kier molecular flexibility index (Phi) is 5.73. The molecule has 2 aromatic carbocycles. The van der Waals surface area contributed by atoms with Crippen molar-refractivity contribution in [1.82, 2.24) is 15.2 Å². The second kappa shape index (κ2) is 8.18. The molecule has 7 heteroatoms. The third-order valence-electron chi connectivity index (χ3n) is 3.51. The number of rotatable bonds is 6. The number of carbonyl (C=O) groups is 1. The van der Waals surface area contributed by atoms with E-state index in [2.05, 4.69) is 20.5 Å². The van der Waals surface area contributed by atoms with Crippen molar-refractivity contribution in [1.29, 1.82) is 0 Å². The van der Waals surface area contributed by atoms with E-state index in [1.165, 1.54) is 11.8 Å². The van der Waals surface area contributed by atoms with Crippen LogP contribution in [0.5, 0.6) is 0 Å². The van der Waals surface area contributed by atoms with Gasteiger partial charge in [0.1, 0.15) is 5.82 Å². The minimum atomic E-state index is -0.126. The lowest BCUT2D eigenvalue weighted by molar-refractivity contribution is -0.113. The second-order valence-corrected chi connectivity index (χ2v) is 6.88. The van der Waals surface area contributed by atoms with Crippen molar-refractivity contribution in [3.05, 3.63) is 70.5 Å². The van der Waals surface area contributed by atoms with Gasteiger partial charge in [-0.25, -0.2) is 4.98 Å². The van der Waals surface area contributed by atoms with Crippen molar-refractivity contribution in [3.8, 4) is 0 Å². The summed E-state index contributed by atoms with van der Waals surface area (Å²) in [6, 6.07) is 15.5. The fraction of sp³-hybridized carbons (Fsp3) is 0.167. The maximum atomic E-state index is 12.0. The van der Waals surface area contributed by atoms with E-state index in [0.29, 0.717) is 22.3 Å². The second-order valence-electron chi connectivity index (χ2n) is 5.53. The molecule has 3 aromatic rings. The van der Waals surface area contributed by atoms with Gasteiger partial charge in [0.25, 0.3) is 0 Å². The number of nitrogens with zero attached hydrogens (tertiary/aromatic N) is 2.